The third-order valence-electron chi connectivity index (χ3n) is 3.47. The van der Waals surface area contributed by atoms with Crippen LogP contribution in [0.25, 0.3) is 0 Å². The van der Waals surface area contributed by atoms with E-state index in [-0.39, 0.29) is 16.0 Å². The molecule has 6 nitrogen and oxygen atoms in total. The molecule has 1 N–H and O–H groups in total. The number of hydrogen-bond donors (Lipinski definition) is 1. The lowest BCUT2D eigenvalue weighted by atomic mass is 10.2. The molecule has 9 heteroatoms. The molecular formula is C15H11ClN4O2S2. The molecule has 0 saturated carbocycles. The Bertz CT molecular complexity index is 1050. The van der Waals surface area contributed by atoms with Crippen molar-refractivity contribution in [3.8, 4) is 0 Å². The van der Waals surface area contributed by atoms with Crippen molar-refractivity contribution < 1.29 is 8.42 Å². The molecule has 0 amide bonds. The Morgan fingerprint density at radius 1 is 1.17 bits per heavy atom. The van der Waals surface area contributed by atoms with E-state index in [0.29, 0.717) is 9.92 Å². The molecule has 4 rings (SSSR count). The van der Waals surface area contributed by atoms with Crippen molar-refractivity contribution >= 4 is 45.0 Å². The number of hydrogen-bond acceptors (Lipinski definition) is 6. The summed E-state index contributed by atoms with van der Waals surface area (Å²) in [6.07, 6.45) is 0. The summed E-state index contributed by atoms with van der Waals surface area (Å²) >= 11 is 7.18. The van der Waals surface area contributed by atoms with Crippen LogP contribution in [-0.4, -0.2) is 22.6 Å². The monoisotopic (exact) mass is 378 g/mol. The molecule has 1 aliphatic heterocycles. The minimum absolute atomic E-state index is 0.177. The lowest BCUT2D eigenvalue weighted by Crippen LogP contribution is -2.19. The van der Waals surface area contributed by atoms with Crippen molar-refractivity contribution in [3.05, 3.63) is 53.1 Å². The highest BCUT2D eigenvalue weighted by atomic mass is 35.5. The average Bonchev–Trinajstić information content (AvgIpc) is 2.93. The Hall–Kier alpha value is -2.03. The van der Waals surface area contributed by atoms with Crippen LogP contribution in [0.2, 0.25) is 5.02 Å². The van der Waals surface area contributed by atoms with Gasteiger partial charge < -0.3 is 5.32 Å². The number of nitrogens with one attached hydrogen (secondary N) is 1. The normalized spacial score (nSPS) is 14.8. The van der Waals surface area contributed by atoms with Crippen LogP contribution in [0.4, 0.5) is 11.6 Å². The molecule has 0 bridgehead atoms. The molecule has 2 heterocycles. The number of aryl methyl sites for hydroxylation is 1. The summed E-state index contributed by atoms with van der Waals surface area (Å²) in [6, 6.07) is 12.3. The van der Waals surface area contributed by atoms with E-state index in [1.165, 1.54) is 17.8 Å². The van der Waals surface area contributed by atoms with Gasteiger partial charge in [-0.3, -0.25) is 0 Å². The predicted octanol–water partition coefficient (Wildman–Crippen LogP) is 3.69. The van der Waals surface area contributed by atoms with Gasteiger partial charge in [0.25, 0.3) is 10.0 Å². The topological polar surface area (TPSA) is 76.9 Å². The van der Waals surface area contributed by atoms with E-state index in [2.05, 4.69) is 15.4 Å². The fourth-order valence-electron chi connectivity index (χ4n) is 2.29. The van der Waals surface area contributed by atoms with Gasteiger partial charge in [-0.15, -0.1) is 9.19 Å². The fourth-order valence-corrected chi connectivity index (χ4v) is 5.35. The number of fused-ring (bicyclic) bond motifs is 2. The number of anilines is 2. The fraction of sp³-hybridized carbons (Fsp3) is 0.0667. The highest BCUT2D eigenvalue weighted by Gasteiger charge is 2.32. The molecule has 0 saturated heterocycles. The van der Waals surface area contributed by atoms with E-state index in [4.69, 9.17) is 11.6 Å². The number of halogens is 1. The second-order valence-electron chi connectivity index (χ2n) is 5.25. The van der Waals surface area contributed by atoms with Gasteiger partial charge in [0.1, 0.15) is 4.90 Å². The maximum Gasteiger partial charge on any atom is 0.286 e. The maximum atomic E-state index is 12.7. The third kappa shape index (κ3) is 2.56. The first kappa shape index (κ1) is 15.5. The summed E-state index contributed by atoms with van der Waals surface area (Å²) in [5.41, 5.74) is 1.91. The molecule has 0 radical (unpaired) electrons. The Morgan fingerprint density at radius 2 is 1.92 bits per heavy atom. The molecule has 3 aromatic rings. The molecule has 0 aliphatic carbocycles. The molecule has 0 atom stereocenters. The molecule has 122 valence electrons. The Balaban J connectivity index is 1.74. The maximum absolute atomic E-state index is 12.7. The van der Waals surface area contributed by atoms with Gasteiger partial charge in [0, 0.05) is 15.6 Å². The van der Waals surface area contributed by atoms with Crippen molar-refractivity contribution in [3.63, 3.8) is 0 Å². The van der Waals surface area contributed by atoms with Crippen molar-refractivity contribution in [2.24, 2.45) is 0 Å². The minimum atomic E-state index is -3.77. The number of benzene rings is 2. The van der Waals surface area contributed by atoms with Gasteiger partial charge in [0.15, 0.2) is 0 Å². The van der Waals surface area contributed by atoms with Crippen LogP contribution < -0.4 is 5.32 Å². The standard InChI is InChI=1S/C15H11ClN4O2S2/c1-9-2-5-11(6-3-9)17-14-18-15-20(19-14)24(21,22)13-7-4-10(16)8-12(13)23-15/h2-8H,1H3,(H,17,19). The van der Waals surface area contributed by atoms with Crippen molar-refractivity contribution in [2.75, 3.05) is 5.32 Å². The summed E-state index contributed by atoms with van der Waals surface area (Å²) in [4.78, 5) is 5.00. The summed E-state index contributed by atoms with van der Waals surface area (Å²) in [5.74, 6) is 0.226. The smallest absolute Gasteiger partial charge is 0.286 e. The summed E-state index contributed by atoms with van der Waals surface area (Å²) < 4.78 is 26.3. The SMILES string of the molecule is Cc1ccc(Nc2nc3n(n2)S(=O)(=O)c2ccc(Cl)cc2S3)cc1. The Kier molecular flexibility index (Phi) is 3.56. The van der Waals surface area contributed by atoms with Crippen LogP contribution in [0.15, 0.2) is 57.4 Å². The third-order valence-corrected chi connectivity index (χ3v) is 6.58. The van der Waals surface area contributed by atoms with Gasteiger partial charge in [-0.2, -0.15) is 13.4 Å². The van der Waals surface area contributed by atoms with Crippen molar-refractivity contribution in [1.29, 1.82) is 0 Å². The lowest BCUT2D eigenvalue weighted by Gasteiger charge is -2.15. The molecule has 0 unspecified atom stereocenters. The van der Waals surface area contributed by atoms with Crippen LogP contribution in [-0.2, 0) is 10.0 Å². The van der Waals surface area contributed by atoms with Crippen molar-refractivity contribution in [1.82, 2.24) is 14.2 Å². The van der Waals surface area contributed by atoms with E-state index < -0.39 is 10.0 Å². The zero-order chi connectivity index (χ0) is 16.9. The first-order valence-corrected chi connectivity index (χ1v) is 9.61. The second-order valence-corrected chi connectivity index (χ2v) is 8.43. The van der Waals surface area contributed by atoms with E-state index in [1.807, 2.05) is 31.2 Å². The van der Waals surface area contributed by atoms with Crippen LogP contribution in [0.1, 0.15) is 5.56 Å². The van der Waals surface area contributed by atoms with E-state index >= 15 is 0 Å². The van der Waals surface area contributed by atoms with Crippen LogP contribution in [0.3, 0.4) is 0 Å². The molecular weight excluding hydrogens is 368 g/mol. The summed E-state index contributed by atoms with van der Waals surface area (Å²) in [7, 11) is -3.77. The first-order chi connectivity index (χ1) is 11.4. The van der Waals surface area contributed by atoms with E-state index in [1.54, 1.807) is 12.1 Å². The molecule has 1 aliphatic rings. The number of aromatic nitrogens is 3. The predicted molar refractivity (Wildman–Crippen MR) is 92.6 cm³/mol. The second kappa shape index (κ2) is 5.51. The molecule has 1 aromatic heterocycles. The van der Waals surface area contributed by atoms with Gasteiger partial charge >= 0.3 is 0 Å². The lowest BCUT2D eigenvalue weighted by molar-refractivity contribution is 0.568. The number of nitrogens with zero attached hydrogens (tertiary/aromatic N) is 3. The minimum Gasteiger partial charge on any atom is -0.323 e. The highest BCUT2D eigenvalue weighted by Crippen LogP contribution is 2.40. The Morgan fingerprint density at radius 3 is 2.67 bits per heavy atom. The molecule has 0 spiro atoms. The molecule has 24 heavy (non-hydrogen) atoms. The Labute approximate surface area is 147 Å². The average molecular weight is 379 g/mol. The molecule has 2 aromatic carbocycles. The van der Waals surface area contributed by atoms with Gasteiger partial charge in [-0.05, 0) is 49.0 Å². The van der Waals surface area contributed by atoms with Crippen molar-refractivity contribution in [2.45, 2.75) is 21.9 Å². The van der Waals surface area contributed by atoms with Crippen LogP contribution >= 0.6 is 23.4 Å². The van der Waals surface area contributed by atoms with E-state index in [0.717, 1.165) is 15.3 Å². The van der Waals surface area contributed by atoms with Gasteiger partial charge in [0.2, 0.25) is 11.1 Å². The first-order valence-electron chi connectivity index (χ1n) is 6.97. The summed E-state index contributed by atoms with van der Waals surface area (Å²) in [5, 5.41) is 7.86. The molecule has 0 fully saturated rings. The van der Waals surface area contributed by atoms with Gasteiger partial charge in [-0.25, -0.2) is 0 Å². The largest absolute Gasteiger partial charge is 0.323 e. The zero-order valence-corrected chi connectivity index (χ0v) is 14.8. The quantitative estimate of drug-likeness (QED) is 0.573. The van der Waals surface area contributed by atoms with Crippen LogP contribution in [0, 0.1) is 6.92 Å². The summed E-state index contributed by atoms with van der Waals surface area (Å²) in [6.45, 7) is 1.99. The highest BCUT2D eigenvalue weighted by molar-refractivity contribution is 8.01. The van der Waals surface area contributed by atoms with Gasteiger partial charge in [-0.1, -0.05) is 29.3 Å². The van der Waals surface area contributed by atoms with Crippen LogP contribution in [0.5, 0.6) is 0 Å². The van der Waals surface area contributed by atoms with Gasteiger partial charge in [0.05, 0.1) is 0 Å². The zero-order valence-electron chi connectivity index (χ0n) is 12.4. The number of rotatable bonds is 2. The van der Waals surface area contributed by atoms with E-state index in [9.17, 15) is 8.42 Å².